The third-order valence-corrected chi connectivity index (χ3v) is 5.43. The number of ether oxygens (including phenoxy) is 1. The fraction of sp³-hybridized carbons (Fsp3) is 0.478. The number of aryl methyl sites for hydroxylation is 1. The molecule has 0 bridgehead atoms. The van der Waals surface area contributed by atoms with Crippen molar-refractivity contribution >= 4 is 5.91 Å². The molecule has 2 aromatic rings. The topological polar surface area (TPSA) is 68.5 Å². The molecule has 1 aliphatic carbocycles. The Hall–Kier alpha value is -2.40. The van der Waals surface area contributed by atoms with E-state index in [0.29, 0.717) is 11.4 Å². The van der Waals surface area contributed by atoms with Crippen LogP contribution in [0.25, 0.3) is 0 Å². The number of aromatic nitrogens is 1. The van der Waals surface area contributed by atoms with Gasteiger partial charge in [-0.25, -0.2) is 4.98 Å². The van der Waals surface area contributed by atoms with Crippen LogP contribution in [-0.2, 0) is 6.42 Å². The fourth-order valence-electron chi connectivity index (χ4n) is 3.95. The number of nitrogens with two attached hydrogens (primary N) is 1. The van der Waals surface area contributed by atoms with E-state index in [9.17, 15) is 4.79 Å². The normalized spacial score (nSPS) is 14.5. The number of rotatable bonds is 10. The van der Waals surface area contributed by atoms with Crippen LogP contribution < -0.4 is 10.5 Å². The molecule has 0 aliphatic heterocycles. The van der Waals surface area contributed by atoms with E-state index in [1.807, 2.05) is 12.1 Å². The van der Waals surface area contributed by atoms with Gasteiger partial charge in [-0.2, -0.15) is 0 Å². The van der Waals surface area contributed by atoms with Crippen molar-refractivity contribution in [2.45, 2.75) is 57.9 Å². The van der Waals surface area contributed by atoms with Gasteiger partial charge in [0.2, 0.25) is 11.8 Å². The first kappa shape index (κ1) is 20.3. The van der Waals surface area contributed by atoms with Gasteiger partial charge in [-0.3, -0.25) is 4.79 Å². The van der Waals surface area contributed by atoms with Gasteiger partial charge in [0.05, 0.1) is 5.56 Å². The van der Waals surface area contributed by atoms with Crippen LogP contribution >= 0.6 is 0 Å². The Kier molecular flexibility index (Phi) is 7.43. The summed E-state index contributed by atoms with van der Waals surface area (Å²) in [6.45, 7) is 4.68. The van der Waals surface area contributed by atoms with Crippen molar-refractivity contribution in [1.82, 2.24) is 9.88 Å². The van der Waals surface area contributed by atoms with Gasteiger partial charge in [0.1, 0.15) is 5.75 Å². The summed E-state index contributed by atoms with van der Waals surface area (Å²) in [4.78, 5) is 17.9. The Balaban J connectivity index is 1.47. The monoisotopic (exact) mass is 381 g/mol. The molecule has 28 heavy (non-hydrogen) atoms. The molecule has 1 aromatic heterocycles. The third kappa shape index (κ3) is 5.80. The number of nitrogens with zero attached hydrogens (tertiary/aromatic N) is 2. The maximum atomic E-state index is 11.1. The molecule has 1 amide bonds. The van der Waals surface area contributed by atoms with Crippen LogP contribution in [-0.4, -0.2) is 34.9 Å². The predicted octanol–water partition coefficient (Wildman–Crippen LogP) is 4.56. The molecule has 1 aromatic carbocycles. The van der Waals surface area contributed by atoms with Gasteiger partial charge in [0.15, 0.2) is 0 Å². The van der Waals surface area contributed by atoms with Crippen LogP contribution in [0.1, 0.15) is 61.4 Å². The molecular formula is C23H31N3O2. The lowest BCUT2D eigenvalue weighted by atomic mass is 10.1. The molecule has 5 nitrogen and oxygen atoms in total. The maximum absolute atomic E-state index is 11.1. The van der Waals surface area contributed by atoms with Gasteiger partial charge >= 0.3 is 0 Å². The lowest BCUT2D eigenvalue weighted by Gasteiger charge is -2.28. The lowest BCUT2D eigenvalue weighted by molar-refractivity contribution is 0.1000. The van der Waals surface area contributed by atoms with Crippen LogP contribution in [0, 0.1) is 0 Å². The van der Waals surface area contributed by atoms with Crippen LogP contribution in [0.15, 0.2) is 42.6 Å². The molecule has 5 heteroatoms. The summed E-state index contributed by atoms with van der Waals surface area (Å²) in [6, 6.07) is 12.3. The summed E-state index contributed by atoms with van der Waals surface area (Å²) in [5.41, 5.74) is 6.92. The standard InChI is InChI=1S/C23H31N3O2/c1-2-15-26(20-7-3-4-8-20)16-5-6-18-9-12-21(13-10-18)28-22-14-11-19(17-25-22)23(24)27/h9-14,17,20H,2-8,15-16H2,1H3,(H2,24,27). The maximum Gasteiger partial charge on any atom is 0.250 e. The lowest BCUT2D eigenvalue weighted by Crippen LogP contribution is -2.35. The van der Waals surface area contributed by atoms with Gasteiger partial charge < -0.3 is 15.4 Å². The second kappa shape index (κ2) is 10.2. The molecule has 1 aliphatic rings. The number of pyridine rings is 1. The molecule has 0 atom stereocenters. The fourth-order valence-corrected chi connectivity index (χ4v) is 3.95. The van der Waals surface area contributed by atoms with E-state index in [0.717, 1.165) is 18.2 Å². The Morgan fingerprint density at radius 2 is 1.89 bits per heavy atom. The molecule has 0 spiro atoms. The molecular weight excluding hydrogens is 350 g/mol. The van der Waals surface area contributed by atoms with Gasteiger partial charge in [0.25, 0.3) is 0 Å². The first-order valence-corrected chi connectivity index (χ1v) is 10.4. The quantitative estimate of drug-likeness (QED) is 0.655. The molecule has 3 rings (SSSR count). The number of carbonyl (C=O) groups excluding carboxylic acids is 1. The van der Waals surface area contributed by atoms with Crippen LogP contribution in [0.4, 0.5) is 0 Å². The van der Waals surface area contributed by atoms with Crippen molar-refractivity contribution in [2.75, 3.05) is 13.1 Å². The minimum atomic E-state index is -0.492. The summed E-state index contributed by atoms with van der Waals surface area (Å²) in [5, 5.41) is 0. The average Bonchev–Trinajstić information content (AvgIpc) is 3.24. The molecule has 1 fully saturated rings. The van der Waals surface area contributed by atoms with E-state index in [4.69, 9.17) is 10.5 Å². The van der Waals surface area contributed by atoms with Crippen molar-refractivity contribution in [3.8, 4) is 11.6 Å². The molecule has 1 saturated carbocycles. The summed E-state index contributed by atoms with van der Waals surface area (Å²) in [5.74, 6) is 0.694. The SMILES string of the molecule is CCCN(CCCc1ccc(Oc2ccc(C(N)=O)cn2)cc1)C1CCCC1. The number of hydrogen-bond donors (Lipinski definition) is 1. The smallest absolute Gasteiger partial charge is 0.250 e. The highest BCUT2D eigenvalue weighted by Gasteiger charge is 2.21. The van der Waals surface area contributed by atoms with E-state index in [2.05, 4.69) is 28.9 Å². The summed E-state index contributed by atoms with van der Waals surface area (Å²) < 4.78 is 5.74. The van der Waals surface area contributed by atoms with E-state index < -0.39 is 5.91 Å². The second-order valence-corrected chi connectivity index (χ2v) is 7.57. The Morgan fingerprint density at radius 3 is 2.50 bits per heavy atom. The Morgan fingerprint density at radius 1 is 1.14 bits per heavy atom. The Labute approximate surface area is 167 Å². The molecule has 2 N–H and O–H groups in total. The van der Waals surface area contributed by atoms with Crippen LogP contribution in [0.3, 0.4) is 0 Å². The van der Waals surface area contributed by atoms with E-state index in [-0.39, 0.29) is 0 Å². The minimum Gasteiger partial charge on any atom is -0.439 e. The number of benzene rings is 1. The van der Waals surface area contributed by atoms with Crippen molar-refractivity contribution in [3.63, 3.8) is 0 Å². The van der Waals surface area contributed by atoms with Gasteiger partial charge in [-0.1, -0.05) is 31.9 Å². The number of hydrogen-bond acceptors (Lipinski definition) is 4. The average molecular weight is 382 g/mol. The Bertz CT molecular complexity index is 737. The molecule has 0 unspecified atom stereocenters. The zero-order valence-electron chi connectivity index (χ0n) is 16.8. The highest BCUT2D eigenvalue weighted by atomic mass is 16.5. The van der Waals surface area contributed by atoms with E-state index in [1.165, 1.54) is 63.4 Å². The zero-order chi connectivity index (χ0) is 19.8. The largest absolute Gasteiger partial charge is 0.439 e. The van der Waals surface area contributed by atoms with E-state index >= 15 is 0 Å². The summed E-state index contributed by atoms with van der Waals surface area (Å²) >= 11 is 0. The first-order valence-electron chi connectivity index (χ1n) is 10.4. The number of amides is 1. The number of carbonyl (C=O) groups is 1. The summed E-state index contributed by atoms with van der Waals surface area (Å²) in [6.07, 6.45) is 10.5. The highest BCUT2D eigenvalue weighted by Crippen LogP contribution is 2.24. The zero-order valence-corrected chi connectivity index (χ0v) is 16.8. The third-order valence-electron chi connectivity index (χ3n) is 5.43. The van der Waals surface area contributed by atoms with Crippen molar-refractivity contribution in [2.24, 2.45) is 5.73 Å². The van der Waals surface area contributed by atoms with Crippen molar-refractivity contribution in [1.29, 1.82) is 0 Å². The van der Waals surface area contributed by atoms with Gasteiger partial charge in [0, 0.05) is 18.3 Å². The minimum absolute atomic E-state index is 0.373. The number of primary amides is 1. The van der Waals surface area contributed by atoms with Gasteiger partial charge in [-0.15, -0.1) is 0 Å². The highest BCUT2D eigenvalue weighted by molar-refractivity contribution is 5.92. The van der Waals surface area contributed by atoms with E-state index in [1.54, 1.807) is 12.1 Å². The molecule has 150 valence electrons. The van der Waals surface area contributed by atoms with Gasteiger partial charge in [-0.05, 0) is 69.0 Å². The van der Waals surface area contributed by atoms with Crippen molar-refractivity contribution in [3.05, 3.63) is 53.7 Å². The molecule has 1 heterocycles. The predicted molar refractivity (Wildman–Crippen MR) is 112 cm³/mol. The van der Waals surface area contributed by atoms with Crippen molar-refractivity contribution < 1.29 is 9.53 Å². The molecule has 0 saturated heterocycles. The molecule has 0 radical (unpaired) electrons. The van der Waals surface area contributed by atoms with Crippen LogP contribution in [0.2, 0.25) is 0 Å². The summed E-state index contributed by atoms with van der Waals surface area (Å²) in [7, 11) is 0. The van der Waals surface area contributed by atoms with Crippen LogP contribution in [0.5, 0.6) is 11.6 Å². The second-order valence-electron chi connectivity index (χ2n) is 7.57. The first-order chi connectivity index (χ1) is 13.7.